The molecule has 0 spiro atoms. The summed E-state index contributed by atoms with van der Waals surface area (Å²) < 4.78 is 6.95. The van der Waals surface area contributed by atoms with Gasteiger partial charge in [0.1, 0.15) is 17.0 Å². The number of benzene rings is 1. The van der Waals surface area contributed by atoms with Gasteiger partial charge < -0.3 is 15.0 Å². The molecule has 0 bridgehead atoms. The molecule has 5 rings (SSSR count). The number of pyridine rings is 1. The number of nitrogens with one attached hydrogen (secondary N) is 1. The largest absolute Gasteiger partial charge is 0.497 e. The Balaban J connectivity index is 1.48. The predicted octanol–water partition coefficient (Wildman–Crippen LogP) is 4.21. The van der Waals surface area contributed by atoms with E-state index >= 15 is 0 Å². The topological polar surface area (TPSA) is 89.3 Å². The standard InChI is InChI=1S/C28H33N5O3/c1-28(27(35)30-22-9-5-3-4-6-10-22)19-33-25(26(34)32(28)18-20-8-7-15-29-17-20)16-24(31-33)21-11-13-23(36-2)14-12-21/h7-8,11-17,22H,3-6,9-10,18-19H2,1-2H3,(H,30,35). The molecule has 0 saturated heterocycles. The maximum absolute atomic E-state index is 13.9. The zero-order valence-corrected chi connectivity index (χ0v) is 20.9. The minimum Gasteiger partial charge on any atom is -0.497 e. The molecule has 3 heterocycles. The second kappa shape index (κ2) is 10.1. The summed E-state index contributed by atoms with van der Waals surface area (Å²) in [7, 11) is 1.63. The number of carbonyl (C=O) groups excluding carboxylic acids is 2. The van der Waals surface area contributed by atoms with Crippen LogP contribution in [-0.4, -0.2) is 50.2 Å². The highest BCUT2D eigenvalue weighted by molar-refractivity contribution is 6.00. The number of nitrogens with zero attached hydrogens (tertiary/aromatic N) is 4. The van der Waals surface area contributed by atoms with Gasteiger partial charge in [-0.05, 0) is 61.7 Å². The van der Waals surface area contributed by atoms with Crippen molar-refractivity contribution in [1.29, 1.82) is 0 Å². The lowest BCUT2D eigenvalue weighted by atomic mass is 9.93. The molecular formula is C28H33N5O3. The van der Waals surface area contributed by atoms with Crippen LogP contribution in [0.5, 0.6) is 5.75 Å². The fourth-order valence-electron chi connectivity index (χ4n) is 5.23. The number of hydrogen-bond acceptors (Lipinski definition) is 5. The Morgan fingerprint density at radius 3 is 2.56 bits per heavy atom. The van der Waals surface area contributed by atoms with E-state index in [1.165, 1.54) is 12.8 Å². The van der Waals surface area contributed by atoms with Crippen LogP contribution in [0.3, 0.4) is 0 Å². The van der Waals surface area contributed by atoms with Gasteiger partial charge in [0.15, 0.2) is 0 Å². The highest BCUT2D eigenvalue weighted by Crippen LogP contribution is 2.32. The van der Waals surface area contributed by atoms with Crippen LogP contribution in [-0.2, 0) is 17.9 Å². The summed E-state index contributed by atoms with van der Waals surface area (Å²) in [5, 5.41) is 8.03. The molecule has 2 amide bonds. The minimum atomic E-state index is -1.09. The molecule has 8 heteroatoms. The van der Waals surface area contributed by atoms with Crippen molar-refractivity contribution in [2.24, 2.45) is 0 Å². The number of fused-ring (bicyclic) bond motifs is 1. The van der Waals surface area contributed by atoms with Crippen molar-refractivity contribution in [3.63, 3.8) is 0 Å². The van der Waals surface area contributed by atoms with Gasteiger partial charge in [0.2, 0.25) is 5.91 Å². The Morgan fingerprint density at radius 1 is 1.14 bits per heavy atom. The summed E-state index contributed by atoms with van der Waals surface area (Å²) in [6, 6.07) is 13.3. The summed E-state index contributed by atoms with van der Waals surface area (Å²) >= 11 is 0. The highest BCUT2D eigenvalue weighted by atomic mass is 16.5. The zero-order chi connectivity index (χ0) is 25.1. The third kappa shape index (κ3) is 4.72. The number of rotatable bonds is 6. The van der Waals surface area contributed by atoms with Crippen molar-refractivity contribution < 1.29 is 14.3 Å². The molecule has 1 saturated carbocycles. The molecule has 2 aliphatic rings. The molecule has 1 fully saturated rings. The molecule has 1 atom stereocenters. The molecule has 3 aromatic rings. The van der Waals surface area contributed by atoms with Gasteiger partial charge in [-0.25, -0.2) is 0 Å². The van der Waals surface area contributed by atoms with Crippen molar-refractivity contribution in [1.82, 2.24) is 25.0 Å². The molecule has 1 N–H and O–H groups in total. The molecule has 8 nitrogen and oxygen atoms in total. The minimum absolute atomic E-state index is 0.126. The van der Waals surface area contributed by atoms with E-state index in [1.807, 2.05) is 49.4 Å². The first kappa shape index (κ1) is 24.0. The van der Waals surface area contributed by atoms with E-state index in [2.05, 4.69) is 10.3 Å². The van der Waals surface area contributed by atoms with E-state index in [0.717, 1.165) is 42.6 Å². The van der Waals surface area contributed by atoms with Crippen molar-refractivity contribution >= 4 is 11.8 Å². The van der Waals surface area contributed by atoms with Crippen LogP contribution in [0.25, 0.3) is 11.3 Å². The maximum atomic E-state index is 13.9. The summed E-state index contributed by atoms with van der Waals surface area (Å²) in [6.07, 6.45) is 10.1. The van der Waals surface area contributed by atoms with Gasteiger partial charge >= 0.3 is 0 Å². The number of carbonyl (C=O) groups is 2. The monoisotopic (exact) mass is 487 g/mol. The Bertz CT molecular complexity index is 1220. The number of aromatic nitrogens is 3. The van der Waals surface area contributed by atoms with Gasteiger partial charge in [-0.15, -0.1) is 0 Å². The summed E-state index contributed by atoms with van der Waals surface area (Å²) in [5.74, 6) is 0.416. The lowest BCUT2D eigenvalue weighted by Gasteiger charge is -2.43. The molecule has 1 unspecified atom stereocenters. The lowest BCUT2D eigenvalue weighted by Crippen LogP contribution is -2.64. The fraction of sp³-hybridized carbons (Fsp3) is 0.429. The quantitative estimate of drug-likeness (QED) is 0.526. The smallest absolute Gasteiger partial charge is 0.273 e. The van der Waals surface area contributed by atoms with E-state index in [-0.39, 0.29) is 24.4 Å². The second-order valence-electron chi connectivity index (χ2n) is 9.99. The Hall–Kier alpha value is -3.68. The van der Waals surface area contributed by atoms with Gasteiger partial charge in [0, 0.05) is 30.5 Å². The Morgan fingerprint density at radius 2 is 1.89 bits per heavy atom. The van der Waals surface area contributed by atoms with Crippen LogP contribution >= 0.6 is 0 Å². The first-order valence-electron chi connectivity index (χ1n) is 12.7. The van der Waals surface area contributed by atoms with Crippen molar-refractivity contribution in [3.05, 3.63) is 66.1 Å². The average Bonchev–Trinajstić information content (AvgIpc) is 3.15. The Labute approximate surface area is 211 Å². The first-order chi connectivity index (χ1) is 17.5. The van der Waals surface area contributed by atoms with E-state index in [9.17, 15) is 9.59 Å². The van der Waals surface area contributed by atoms with E-state index in [0.29, 0.717) is 17.9 Å². The molecule has 1 aromatic carbocycles. The molecule has 36 heavy (non-hydrogen) atoms. The van der Waals surface area contributed by atoms with E-state index in [1.54, 1.807) is 29.1 Å². The van der Waals surface area contributed by atoms with Gasteiger partial charge in [-0.1, -0.05) is 31.7 Å². The molecule has 1 aliphatic carbocycles. The number of ether oxygens (including phenoxy) is 1. The van der Waals surface area contributed by atoms with Gasteiger partial charge in [0.25, 0.3) is 5.91 Å². The van der Waals surface area contributed by atoms with Crippen LogP contribution in [0.2, 0.25) is 0 Å². The zero-order valence-electron chi connectivity index (χ0n) is 20.9. The number of amides is 2. The van der Waals surface area contributed by atoms with Crippen molar-refractivity contribution in [2.45, 2.75) is 70.1 Å². The lowest BCUT2D eigenvalue weighted by molar-refractivity contribution is -0.134. The molecule has 2 aromatic heterocycles. The normalized spacial score (nSPS) is 20.5. The SMILES string of the molecule is COc1ccc(-c2cc3n(n2)CC(C)(C(=O)NC2CCCCCC2)N(Cc2cccnc2)C3=O)cc1. The van der Waals surface area contributed by atoms with Crippen LogP contribution in [0.15, 0.2) is 54.9 Å². The summed E-state index contributed by atoms with van der Waals surface area (Å²) in [4.78, 5) is 33.6. The highest BCUT2D eigenvalue weighted by Gasteiger charge is 2.48. The van der Waals surface area contributed by atoms with Crippen molar-refractivity contribution in [3.8, 4) is 17.0 Å². The third-order valence-corrected chi connectivity index (χ3v) is 7.43. The van der Waals surface area contributed by atoms with Crippen molar-refractivity contribution in [2.75, 3.05) is 7.11 Å². The predicted molar refractivity (Wildman–Crippen MR) is 136 cm³/mol. The number of hydrogen-bond donors (Lipinski definition) is 1. The van der Waals surface area contributed by atoms with Crippen LogP contribution in [0.4, 0.5) is 0 Å². The second-order valence-corrected chi connectivity index (χ2v) is 9.99. The molecule has 188 valence electrons. The van der Waals surface area contributed by atoms with Crippen LogP contribution < -0.4 is 10.1 Å². The Kier molecular flexibility index (Phi) is 6.76. The molecule has 0 radical (unpaired) electrons. The molecular weight excluding hydrogens is 454 g/mol. The summed E-state index contributed by atoms with van der Waals surface area (Å²) in [6.45, 7) is 2.43. The third-order valence-electron chi connectivity index (χ3n) is 7.43. The van der Waals surface area contributed by atoms with Gasteiger partial charge in [-0.3, -0.25) is 19.3 Å². The molecule has 1 aliphatic heterocycles. The average molecular weight is 488 g/mol. The fourth-order valence-corrected chi connectivity index (χ4v) is 5.23. The van der Waals surface area contributed by atoms with Crippen LogP contribution in [0.1, 0.15) is 61.5 Å². The van der Waals surface area contributed by atoms with Crippen LogP contribution in [0, 0.1) is 0 Å². The first-order valence-corrected chi connectivity index (χ1v) is 12.7. The summed E-state index contributed by atoms with van der Waals surface area (Å²) in [5.41, 5.74) is 1.84. The van der Waals surface area contributed by atoms with E-state index in [4.69, 9.17) is 9.84 Å². The van der Waals surface area contributed by atoms with Gasteiger partial charge in [0.05, 0.1) is 19.3 Å². The number of methoxy groups -OCH3 is 1. The maximum Gasteiger partial charge on any atom is 0.273 e. The van der Waals surface area contributed by atoms with E-state index < -0.39 is 5.54 Å². The van der Waals surface area contributed by atoms with Gasteiger partial charge in [-0.2, -0.15) is 5.10 Å².